The molecule has 0 aliphatic heterocycles. The molecular weight excluding hydrogens is 320 g/mol. The molecule has 1 aliphatic rings. The van der Waals surface area contributed by atoms with Gasteiger partial charge in [0, 0.05) is 24.2 Å². The predicted octanol–water partition coefficient (Wildman–Crippen LogP) is 0.639. The Morgan fingerprint density at radius 2 is 2.13 bits per heavy atom. The van der Waals surface area contributed by atoms with Crippen LogP contribution in [0, 0.1) is 16.0 Å². The lowest BCUT2D eigenvalue weighted by atomic mass is 10.2. The van der Waals surface area contributed by atoms with Crippen molar-refractivity contribution in [1.29, 1.82) is 0 Å². The fraction of sp³-hybridized carbons (Fsp3) is 0.429. The number of thioether (sulfide) groups is 1. The summed E-state index contributed by atoms with van der Waals surface area (Å²) in [7, 11) is 0. The van der Waals surface area contributed by atoms with Gasteiger partial charge in [0.05, 0.1) is 15.6 Å². The summed E-state index contributed by atoms with van der Waals surface area (Å²) in [6.07, 6.45) is 2.20. The molecule has 5 N–H and O–H groups in total. The predicted molar refractivity (Wildman–Crippen MR) is 86.0 cm³/mol. The first kappa shape index (κ1) is 17.2. The van der Waals surface area contributed by atoms with Gasteiger partial charge in [-0.25, -0.2) is 0 Å². The lowest BCUT2D eigenvalue weighted by molar-refractivity contribution is -0.387. The lowest BCUT2D eigenvalue weighted by Crippen LogP contribution is -2.39. The second-order valence-electron chi connectivity index (χ2n) is 5.40. The lowest BCUT2D eigenvalue weighted by Gasteiger charge is -2.11. The van der Waals surface area contributed by atoms with Crippen LogP contribution in [0.15, 0.2) is 23.1 Å². The summed E-state index contributed by atoms with van der Waals surface area (Å²) in [5, 5.41) is 13.8. The van der Waals surface area contributed by atoms with Gasteiger partial charge >= 0.3 is 0 Å². The van der Waals surface area contributed by atoms with Crippen molar-refractivity contribution in [3.05, 3.63) is 33.9 Å². The summed E-state index contributed by atoms with van der Waals surface area (Å²) in [5.41, 5.74) is 10.8. The minimum absolute atomic E-state index is 0.0341. The van der Waals surface area contributed by atoms with Crippen molar-refractivity contribution in [2.75, 3.05) is 12.3 Å². The van der Waals surface area contributed by atoms with Gasteiger partial charge in [0.2, 0.25) is 11.8 Å². The molecule has 1 aliphatic carbocycles. The molecule has 1 aromatic rings. The molecule has 0 heterocycles. The van der Waals surface area contributed by atoms with Crippen molar-refractivity contribution in [2.45, 2.75) is 23.8 Å². The number of benzene rings is 1. The number of hydrogen-bond acceptors (Lipinski definition) is 6. The van der Waals surface area contributed by atoms with Crippen molar-refractivity contribution in [3.8, 4) is 0 Å². The Kier molecular flexibility index (Phi) is 5.56. The van der Waals surface area contributed by atoms with Gasteiger partial charge in [-0.1, -0.05) is 0 Å². The van der Waals surface area contributed by atoms with Crippen molar-refractivity contribution in [2.24, 2.45) is 17.4 Å². The third-order valence-electron chi connectivity index (χ3n) is 3.56. The van der Waals surface area contributed by atoms with Crippen molar-refractivity contribution < 1.29 is 14.5 Å². The number of nitro groups is 1. The van der Waals surface area contributed by atoms with Crippen LogP contribution in [-0.2, 0) is 4.79 Å². The van der Waals surface area contributed by atoms with E-state index in [1.165, 1.54) is 12.1 Å². The Bertz CT molecular complexity index is 633. The average molecular weight is 338 g/mol. The van der Waals surface area contributed by atoms with Gasteiger partial charge in [-0.05, 0) is 30.9 Å². The Hall–Kier alpha value is -2.13. The Morgan fingerprint density at radius 3 is 2.70 bits per heavy atom. The molecular formula is C14H18N4O4S. The number of amides is 2. The molecule has 9 heteroatoms. The molecule has 0 aromatic heterocycles. The van der Waals surface area contributed by atoms with Gasteiger partial charge in [-0.15, -0.1) is 11.8 Å². The van der Waals surface area contributed by atoms with E-state index < -0.39 is 10.8 Å². The standard InChI is InChI=1S/C14H18N4O4S/c15-10(8-1-2-8)6-17-13(19)7-23-12-4-3-9(14(16)20)5-11(12)18(21)22/h3-5,8,10H,1-2,6-7,15H2,(H2,16,20)(H,17,19). The molecule has 1 fully saturated rings. The van der Waals surface area contributed by atoms with Crippen LogP contribution in [0.5, 0.6) is 0 Å². The summed E-state index contributed by atoms with van der Waals surface area (Å²) in [4.78, 5) is 33.6. The first-order chi connectivity index (χ1) is 10.9. The summed E-state index contributed by atoms with van der Waals surface area (Å²) in [6, 6.07) is 3.91. The van der Waals surface area contributed by atoms with Crippen LogP contribution in [0.4, 0.5) is 5.69 Å². The number of nitrogens with one attached hydrogen (secondary N) is 1. The quantitative estimate of drug-likeness (QED) is 0.361. The first-order valence-electron chi connectivity index (χ1n) is 7.12. The highest BCUT2D eigenvalue weighted by Crippen LogP contribution is 2.31. The monoisotopic (exact) mass is 338 g/mol. The fourth-order valence-electron chi connectivity index (χ4n) is 2.05. The van der Waals surface area contributed by atoms with Gasteiger partial charge in [0.1, 0.15) is 0 Å². The number of nitro benzene ring substituents is 1. The Balaban J connectivity index is 1.92. The maximum absolute atomic E-state index is 11.8. The molecule has 2 rings (SSSR count). The molecule has 8 nitrogen and oxygen atoms in total. The molecule has 0 spiro atoms. The van der Waals surface area contributed by atoms with Crippen LogP contribution >= 0.6 is 11.8 Å². The van der Waals surface area contributed by atoms with Crippen LogP contribution in [0.1, 0.15) is 23.2 Å². The minimum atomic E-state index is -0.739. The molecule has 1 atom stereocenters. The van der Waals surface area contributed by atoms with Crippen molar-refractivity contribution >= 4 is 29.3 Å². The molecule has 0 bridgehead atoms. The number of hydrogen-bond donors (Lipinski definition) is 3. The highest BCUT2D eigenvalue weighted by atomic mass is 32.2. The topological polar surface area (TPSA) is 141 Å². The minimum Gasteiger partial charge on any atom is -0.366 e. The highest BCUT2D eigenvalue weighted by Gasteiger charge is 2.28. The summed E-state index contributed by atoms with van der Waals surface area (Å²) in [6.45, 7) is 0.409. The van der Waals surface area contributed by atoms with E-state index in [1.807, 2.05) is 0 Å². The van der Waals surface area contributed by atoms with Crippen LogP contribution < -0.4 is 16.8 Å². The number of carbonyl (C=O) groups excluding carboxylic acids is 2. The van der Waals surface area contributed by atoms with Crippen LogP contribution in [0.3, 0.4) is 0 Å². The second-order valence-corrected chi connectivity index (χ2v) is 6.42. The van der Waals surface area contributed by atoms with Gasteiger partial charge in [0.15, 0.2) is 0 Å². The largest absolute Gasteiger partial charge is 0.366 e. The van der Waals surface area contributed by atoms with Gasteiger partial charge in [-0.2, -0.15) is 0 Å². The molecule has 0 saturated heterocycles. The molecule has 2 amide bonds. The first-order valence-corrected chi connectivity index (χ1v) is 8.10. The second kappa shape index (κ2) is 7.42. The van der Waals surface area contributed by atoms with Gasteiger partial charge in [0.25, 0.3) is 5.69 Å². The van der Waals surface area contributed by atoms with Crippen molar-refractivity contribution in [3.63, 3.8) is 0 Å². The molecule has 1 saturated carbocycles. The number of nitrogens with two attached hydrogens (primary N) is 2. The molecule has 124 valence electrons. The molecule has 1 aromatic carbocycles. The summed E-state index contributed by atoms with van der Waals surface area (Å²) in [5.74, 6) is -0.449. The number of primary amides is 1. The summed E-state index contributed by atoms with van der Waals surface area (Å²) >= 11 is 1.03. The number of carbonyl (C=O) groups is 2. The molecule has 1 unspecified atom stereocenters. The molecule has 23 heavy (non-hydrogen) atoms. The van der Waals surface area contributed by atoms with E-state index in [0.717, 1.165) is 30.7 Å². The average Bonchev–Trinajstić information content (AvgIpc) is 3.34. The van der Waals surface area contributed by atoms with E-state index >= 15 is 0 Å². The fourth-order valence-corrected chi connectivity index (χ4v) is 2.89. The zero-order valence-corrected chi connectivity index (χ0v) is 13.2. The van der Waals surface area contributed by atoms with E-state index in [0.29, 0.717) is 17.4 Å². The van der Waals surface area contributed by atoms with Crippen LogP contribution in [0.25, 0.3) is 0 Å². The van der Waals surface area contributed by atoms with Gasteiger partial charge < -0.3 is 16.8 Å². The van der Waals surface area contributed by atoms with E-state index in [-0.39, 0.29) is 29.0 Å². The third-order valence-corrected chi connectivity index (χ3v) is 4.62. The van der Waals surface area contributed by atoms with Crippen molar-refractivity contribution in [1.82, 2.24) is 5.32 Å². The smallest absolute Gasteiger partial charge is 0.283 e. The Labute approximate surface area is 137 Å². The SMILES string of the molecule is NC(=O)c1ccc(SCC(=O)NCC(N)C2CC2)c([N+](=O)[O-])c1. The van der Waals surface area contributed by atoms with E-state index in [1.54, 1.807) is 0 Å². The third kappa shape index (κ3) is 4.93. The van der Waals surface area contributed by atoms with E-state index in [4.69, 9.17) is 11.5 Å². The maximum Gasteiger partial charge on any atom is 0.283 e. The maximum atomic E-state index is 11.8. The van der Waals surface area contributed by atoms with Crippen LogP contribution in [-0.4, -0.2) is 35.1 Å². The number of rotatable bonds is 8. The van der Waals surface area contributed by atoms with E-state index in [2.05, 4.69) is 5.32 Å². The van der Waals surface area contributed by atoms with Crippen LogP contribution in [0.2, 0.25) is 0 Å². The zero-order valence-electron chi connectivity index (χ0n) is 12.4. The highest BCUT2D eigenvalue weighted by molar-refractivity contribution is 8.00. The zero-order chi connectivity index (χ0) is 17.0. The normalized spacial score (nSPS) is 15.0. The summed E-state index contributed by atoms with van der Waals surface area (Å²) < 4.78 is 0. The van der Waals surface area contributed by atoms with E-state index in [9.17, 15) is 19.7 Å². The van der Waals surface area contributed by atoms with Gasteiger partial charge in [-0.3, -0.25) is 19.7 Å². The Morgan fingerprint density at radius 1 is 1.43 bits per heavy atom. The molecule has 0 radical (unpaired) electrons. The number of nitrogens with zero attached hydrogens (tertiary/aromatic N) is 1.